The maximum atomic E-state index is 14.6. The van der Waals surface area contributed by atoms with E-state index in [1.165, 1.54) is 24.4 Å². The number of rotatable bonds is 4. The van der Waals surface area contributed by atoms with E-state index in [1.807, 2.05) is 6.07 Å². The Morgan fingerprint density at radius 1 is 1.00 bits per heavy atom. The number of aromatic carboxylic acids is 1. The number of hydrogen-bond acceptors (Lipinski definition) is 6. The van der Waals surface area contributed by atoms with Crippen LogP contribution in [0.4, 0.5) is 16.2 Å². The van der Waals surface area contributed by atoms with E-state index in [0.717, 1.165) is 11.1 Å². The molecule has 2 aromatic carbocycles. The number of carboxylic acid groups (broad SMARTS) is 1. The molecule has 0 saturated heterocycles. The molecule has 1 aliphatic rings. The van der Waals surface area contributed by atoms with Gasteiger partial charge in [0.15, 0.2) is 0 Å². The number of anilines is 2. The maximum Gasteiger partial charge on any atom is 0.337 e. The van der Waals surface area contributed by atoms with Gasteiger partial charge in [0.2, 0.25) is 5.95 Å². The van der Waals surface area contributed by atoms with Crippen molar-refractivity contribution in [2.45, 2.75) is 14.0 Å². The highest BCUT2D eigenvalue weighted by Crippen LogP contribution is 2.34. The summed E-state index contributed by atoms with van der Waals surface area (Å²) in [6.45, 7) is 0.261. The number of aromatic nitrogens is 3. The van der Waals surface area contributed by atoms with E-state index in [-0.39, 0.29) is 31.3 Å². The summed E-state index contributed by atoms with van der Waals surface area (Å²) in [5.74, 6) is -0.763. The first-order valence-corrected chi connectivity index (χ1v) is 10.3. The molecule has 170 valence electrons. The second kappa shape index (κ2) is 9.36. The molecule has 0 fully saturated rings. The van der Waals surface area contributed by atoms with Gasteiger partial charge in [-0.3, -0.25) is 4.99 Å². The summed E-state index contributed by atoms with van der Waals surface area (Å²) in [5, 5.41) is 12.5. The average molecular weight is 476 g/mol. The van der Waals surface area contributed by atoms with Crippen molar-refractivity contribution in [3.8, 4) is 11.3 Å². The molecule has 0 saturated carbocycles. The summed E-state index contributed by atoms with van der Waals surface area (Å²) in [5.41, 5.74) is 3.76. The Hall–Kier alpha value is -4.17. The summed E-state index contributed by atoms with van der Waals surface area (Å²) in [7, 11) is 0. The van der Waals surface area contributed by atoms with Gasteiger partial charge in [-0.05, 0) is 36.4 Å². The van der Waals surface area contributed by atoms with Crippen LogP contribution in [0.2, 0.25) is 5.02 Å². The molecule has 1 aliphatic heterocycles. The van der Waals surface area contributed by atoms with E-state index in [0.29, 0.717) is 33.4 Å². The van der Waals surface area contributed by atoms with Crippen LogP contribution >= 0.6 is 11.6 Å². The zero-order valence-electron chi connectivity index (χ0n) is 17.0. The fourth-order valence-corrected chi connectivity index (χ4v) is 3.75. The Balaban J connectivity index is 0.00000274. The summed E-state index contributed by atoms with van der Waals surface area (Å²) < 4.78 is 14.6. The van der Waals surface area contributed by atoms with Gasteiger partial charge in [-0.1, -0.05) is 37.2 Å². The van der Waals surface area contributed by atoms with Crippen molar-refractivity contribution in [3.63, 3.8) is 0 Å². The lowest BCUT2D eigenvalue weighted by atomic mass is 9.95. The second-order valence-electron chi connectivity index (χ2n) is 7.26. The lowest BCUT2D eigenvalue weighted by molar-refractivity contribution is 0.0696. The molecule has 0 atom stereocenters. The Bertz CT molecular complexity index is 1420. The number of nitrogens with one attached hydrogen (secondary N) is 1. The third-order valence-electron chi connectivity index (χ3n) is 5.14. The monoisotopic (exact) mass is 475 g/mol. The number of benzene rings is 2. The van der Waals surface area contributed by atoms with Gasteiger partial charge in [0.05, 0.1) is 23.5 Å². The van der Waals surface area contributed by atoms with Gasteiger partial charge in [0.1, 0.15) is 11.6 Å². The van der Waals surface area contributed by atoms with Gasteiger partial charge in [0.25, 0.3) is 0 Å². The third-order valence-corrected chi connectivity index (χ3v) is 5.38. The number of carbonyl (C=O) groups is 1. The largest absolute Gasteiger partial charge is 0.478 e. The van der Waals surface area contributed by atoms with E-state index in [1.54, 1.807) is 36.5 Å². The number of aliphatic imine (C=N–C) groups is 1. The van der Waals surface area contributed by atoms with Crippen molar-refractivity contribution in [1.82, 2.24) is 15.0 Å². The quantitative estimate of drug-likeness (QED) is 0.389. The summed E-state index contributed by atoms with van der Waals surface area (Å²) >= 11 is 6.28. The highest BCUT2D eigenvalue weighted by Gasteiger charge is 2.23. The second-order valence-corrected chi connectivity index (χ2v) is 7.70. The molecule has 0 radical (unpaired) electrons. The number of hydrogen-bond donors (Lipinski definition) is 2. The van der Waals surface area contributed by atoms with E-state index in [9.17, 15) is 9.18 Å². The molecule has 7 nitrogen and oxygen atoms in total. The third kappa shape index (κ3) is 4.35. The first-order valence-electron chi connectivity index (χ1n) is 9.91. The molecule has 0 bridgehead atoms. The highest BCUT2D eigenvalue weighted by molar-refractivity contribution is 6.31. The minimum absolute atomic E-state index is 0. The van der Waals surface area contributed by atoms with Gasteiger partial charge < -0.3 is 10.4 Å². The van der Waals surface area contributed by atoms with Crippen molar-refractivity contribution in [2.75, 3.05) is 5.32 Å². The minimum atomic E-state index is -1.06. The molecular formula is C25H19ClFN5O2. The van der Waals surface area contributed by atoms with Gasteiger partial charge >= 0.3 is 5.97 Å². The fraction of sp³-hybridized carbons (Fsp3) is 0.0800. The van der Waals surface area contributed by atoms with Crippen LogP contribution in [0, 0.1) is 5.82 Å². The zero-order chi connectivity index (χ0) is 22.9. The minimum Gasteiger partial charge on any atom is -0.478 e. The van der Waals surface area contributed by atoms with Gasteiger partial charge in [0, 0.05) is 39.7 Å². The fourth-order valence-electron chi connectivity index (χ4n) is 3.58. The Morgan fingerprint density at radius 3 is 2.56 bits per heavy atom. The Kier molecular flexibility index (Phi) is 6.34. The van der Waals surface area contributed by atoms with Crippen LogP contribution in [0.3, 0.4) is 0 Å². The number of pyridine rings is 1. The SMILES string of the molecule is C.O=C(O)c1ccc(Nc2ncc3c(n2)-c2ccc(Cl)cc2C(c2ccccc2F)=NC3)nc1. The topological polar surface area (TPSA) is 100 Å². The standard InChI is InChI=1S/C24H15ClFN5O2.CH4/c25-15-6-7-16-18(9-15)22(17-3-1-2-4-19(17)26)28-11-14-12-29-24(31-21(14)16)30-20-8-5-13(10-27-20)23(32)33;/h1-10,12H,11H2,(H,32,33)(H,27,29,30,31);1H4. The predicted molar refractivity (Wildman–Crippen MR) is 129 cm³/mol. The van der Waals surface area contributed by atoms with E-state index in [2.05, 4.69) is 25.3 Å². The summed E-state index contributed by atoms with van der Waals surface area (Å²) in [4.78, 5) is 28.8. The summed E-state index contributed by atoms with van der Waals surface area (Å²) in [6.07, 6.45) is 2.91. The molecule has 9 heteroatoms. The number of nitrogens with zero attached hydrogens (tertiary/aromatic N) is 4. The first kappa shape index (κ1) is 23.0. The van der Waals surface area contributed by atoms with Gasteiger partial charge in [-0.2, -0.15) is 0 Å². The lowest BCUT2D eigenvalue weighted by Gasteiger charge is -2.13. The van der Waals surface area contributed by atoms with Gasteiger partial charge in [-0.25, -0.2) is 24.1 Å². The summed E-state index contributed by atoms with van der Waals surface area (Å²) in [6, 6.07) is 14.8. The van der Waals surface area contributed by atoms with Gasteiger partial charge in [-0.15, -0.1) is 0 Å². The van der Waals surface area contributed by atoms with Crippen molar-refractivity contribution in [3.05, 3.63) is 100 Å². The molecule has 0 aliphatic carbocycles. The maximum absolute atomic E-state index is 14.6. The molecule has 4 aromatic rings. The Morgan fingerprint density at radius 2 is 1.82 bits per heavy atom. The molecule has 2 aromatic heterocycles. The molecule has 3 heterocycles. The Labute approximate surface area is 200 Å². The van der Waals surface area contributed by atoms with Crippen LogP contribution in [-0.2, 0) is 6.54 Å². The molecule has 0 spiro atoms. The van der Waals surface area contributed by atoms with Crippen molar-refractivity contribution in [1.29, 1.82) is 0 Å². The number of halogens is 2. The number of carboxylic acids is 1. The van der Waals surface area contributed by atoms with E-state index >= 15 is 0 Å². The van der Waals surface area contributed by atoms with Crippen molar-refractivity contribution in [2.24, 2.45) is 4.99 Å². The zero-order valence-corrected chi connectivity index (χ0v) is 17.7. The normalized spacial score (nSPS) is 11.9. The van der Waals surface area contributed by atoms with Crippen molar-refractivity contribution < 1.29 is 14.3 Å². The molecule has 5 rings (SSSR count). The van der Waals surface area contributed by atoms with Crippen LogP contribution in [0.25, 0.3) is 11.3 Å². The van der Waals surface area contributed by atoms with Crippen LogP contribution in [-0.4, -0.2) is 31.7 Å². The molecule has 2 N–H and O–H groups in total. The molecular weight excluding hydrogens is 457 g/mol. The molecule has 0 unspecified atom stereocenters. The van der Waals surface area contributed by atoms with Crippen LogP contribution < -0.4 is 5.32 Å². The smallest absolute Gasteiger partial charge is 0.337 e. The lowest BCUT2D eigenvalue weighted by Crippen LogP contribution is -2.07. The van der Waals surface area contributed by atoms with Crippen molar-refractivity contribution >= 4 is 35.0 Å². The van der Waals surface area contributed by atoms with Crippen LogP contribution in [0.15, 0.2) is 72.0 Å². The average Bonchev–Trinajstić information content (AvgIpc) is 2.96. The van der Waals surface area contributed by atoms with E-state index < -0.39 is 5.97 Å². The van der Waals surface area contributed by atoms with E-state index in [4.69, 9.17) is 16.7 Å². The molecule has 34 heavy (non-hydrogen) atoms. The number of fused-ring (bicyclic) bond motifs is 3. The predicted octanol–water partition coefficient (Wildman–Crippen LogP) is 5.76. The van der Waals surface area contributed by atoms with Crippen LogP contribution in [0.1, 0.15) is 34.5 Å². The first-order chi connectivity index (χ1) is 16.0. The highest BCUT2D eigenvalue weighted by atomic mass is 35.5. The molecule has 0 amide bonds. The van der Waals surface area contributed by atoms with Crippen LogP contribution in [0.5, 0.6) is 0 Å².